The fraction of sp³-hybridized carbons (Fsp3) is 0. The van der Waals surface area contributed by atoms with Crippen molar-refractivity contribution in [3.05, 3.63) is 170 Å². The Morgan fingerprint density at radius 1 is 0.240 bits per heavy atom. The minimum Gasteiger partial charge on any atom is -0.134 e. The zero-order valence-corrected chi connectivity index (χ0v) is 28.6. The van der Waals surface area contributed by atoms with Crippen LogP contribution in [-0.2, 0) is 0 Å². The largest absolute Gasteiger partial charge is 0.134 e. The average Bonchev–Trinajstić information content (AvgIpc) is 3.70. The molecule has 0 unspecified atom stereocenters. The minimum atomic E-state index is 1.23. The molecule has 0 saturated carbocycles. The van der Waals surface area contributed by atoms with Gasteiger partial charge in [-0.15, -0.1) is 22.7 Å². The lowest BCUT2D eigenvalue weighted by Crippen LogP contribution is -1.83. The minimum absolute atomic E-state index is 1.23. The highest BCUT2D eigenvalue weighted by Gasteiger charge is 2.14. The summed E-state index contributed by atoms with van der Waals surface area (Å²) in [5.74, 6) is 0. The summed E-state index contributed by atoms with van der Waals surface area (Å²) in [6.07, 6.45) is 0. The van der Waals surface area contributed by atoms with Crippen LogP contribution in [0.5, 0.6) is 0 Å². The number of benzene rings is 9. The molecule has 0 N–H and O–H groups in total. The van der Waals surface area contributed by atoms with Crippen molar-refractivity contribution in [1.82, 2.24) is 0 Å². The molecule has 0 aliphatic rings. The SMILES string of the molecule is c1ccc2cc3c(cc2c1)sc1c2cc4ccc(-c5ccc(-c6ccc(-c7ccc8c(ccc9ccccc98)c7)cc6)cc5)cc4cc2sc31. The van der Waals surface area contributed by atoms with E-state index >= 15 is 0 Å². The van der Waals surface area contributed by atoms with Crippen molar-refractivity contribution in [3.63, 3.8) is 0 Å². The highest BCUT2D eigenvalue weighted by Crippen LogP contribution is 2.46. The van der Waals surface area contributed by atoms with Crippen molar-refractivity contribution >= 4 is 95.3 Å². The molecule has 0 atom stereocenters. The Hall–Kier alpha value is -5.80. The highest BCUT2D eigenvalue weighted by molar-refractivity contribution is 7.36. The summed E-state index contributed by atoms with van der Waals surface area (Å²) in [5.41, 5.74) is 7.42. The number of thiophene rings is 2. The molecule has 50 heavy (non-hydrogen) atoms. The van der Waals surface area contributed by atoms with Gasteiger partial charge in [0.1, 0.15) is 0 Å². The third-order valence-electron chi connectivity index (χ3n) is 10.4. The molecule has 0 spiro atoms. The summed E-state index contributed by atoms with van der Waals surface area (Å²) in [4.78, 5) is 0. The van der Waals surface area contributed by atoms with Crippen LogP contribution in [0.1, 0.15) is 0 Å². The summed E-state index contributed by atoms with van der Waals surface area (Å²) in [5, 5.41) is 13.1. The van der Waals surface area contributed by atoms with Crippen LogP contribution in [-0.4, -0.2) is 0 Å². The van der Waals surface area contributed by atoms with Gasteiger partial charge in [-0.25, -0.2) is 0 Å². The molecule has 9 aromatic carbocycles. The molecule has 2 heteroatoms. The Kier molecular flexibility index (Phi) is 6.09. The first-order valence-corrected chi connectivity index (χ1v) is 18.7. The van der Waals surface area contributed by atoms with Gasteiger partial charge in [-0.2, -0.15) is 0 Å². The molecule has 0 nitrogen and oxygen atoms in total. The van der Waals surface area contributed by atoms with Gasteiger partial charge in [0.05, 0.1) is 9.40 Å². The average molecular weight is 669 g/mol. The first-order valence-electron chi connectivity index (χ1n) is 17.1. The first-order chi connectivity index (χ1) is 24.7. The van der Waals surface area contributed by atoms with Crippen LogP contribution < -0.4 is 0 Å². The van der Waals surface area contributed by atoms with E-state index in [4.69, 9.17) is 0 Å². The van der Waals surface area contributed by atoms with Crippen LogP contribution in [0.3, 0.4) is 0 Å². The van der Waals surface area contributed by atoms with Crippen LogP contribution in [0.4, 0.5) is 0 Å². The number of rotatable bonds is 3. The maximum atomic E-state index is 2.40. The highest BCUT2D eigenvalue weighted by atomic mass is 32.1. The molecule has 0 radical (unpaired) electrons. The molecule has 0 saturated heterocycles. The van der Waals surface area contributed by atoms with Crippen LogP contribution in [0.25, 0.3) is 106 Å². The van der Waals surface area contributed by atoms with Crippen LogP contribution in [0.2, 0.25) is 0 Å². The van der Waals surface area contributed by atoms with Gasteiger partial charge in [0.2, 0.25) is 0 Å². The molecular weight excluding hydrogens is 641 g/mol. The van der Waals surface area contributed by atoms with E-state index in [1.54, 1.807) is 0 Å². The lowest BCUT2D eigenvalue weighted by atomic mass is 9.95. The van der Waals surface area contributed by atoms with Crippen LogP contribution in [0, 0.1) is 0 Å². The second-order valence-electron chi connectivity index (χ2n) is 13.3. The van der Waals surface area contributed by atoms with E-state index in [1.165, 1.54) is 106 Å². The summed E-state index contributed by atoms with van der Waals surface area (Å²) >= 11 is 3.86. The topological polar surface area (TPSA) is 0 Å². The third kappa shape index (κ3) is 4.43. The number of hydrogen-bond donors (Lipinski definition) is 0. The molecule has 0 bridgehead atoms. The van der Waals surface area contributed by atoms with E-state index in [2.05, 4.69) is 170 Å². The maximum absolute atomic E-state index is 2.40. The van der Waals surface area contributed by atoms with Crippen molar-refractivity contribution < 1.29 is 0 Å². The van der Waals surface area contributed by atoms with Crippen molar-refractivity contribution in [3.8, 4) is 33.4 Å². The molecular formula is C48H28S2. The molecule has 11 rings (SSSR count). The third-order valence-corrected chi connectivity index (χ3v) is 12.9. The van der Waals surface area contributed by atoms with Gasteiger partial charge in [-0.1, -0.05) is 133 Å². The summed E-state index contributed by atoms with van der Waals surface area (Å²) in [6, 6.07) is 63.0. The van der Waals surface area contributed by atoms with E-state index < -0.39 is 0 Å². The lowest BCUT2D eigenvalue weighted by Gasteiger charge is -2.09. The fourth-order valence-electron chi connectivity index (χ4n) is 7.77. The van der Waals surface area contributed by atoms with E-state index in [9.17, 15) is 0 Å². The Morgan fingerprint density at radius 2 is 0.640 bits per heavy atom. The Morgan fingerprint density at radius 3 is 1.28 bits per heavy atom. The van der Waals surface area contributed by atoms with Gasteiger partial charge in [0.15, 0.2) is 0 Å². The van der Waals surface area contributed by atoms with Gasteiger partial charge in [-0.3, -0.25) is 0 Å². The Bertz CT molecular complexity index is 3120. The maximum Gasteiger partial charge on any atom is 0.0542 e. The molecule has 2 aromatic heterocycles. The van der Waals surface area contributed by atoms with Crippen LogP contribution >= 0.6 is 22.7 Å². The molecule has 0 fully saturated rings. The second kappa shape index (κ2) is 10.9. The zero-order chi connectivity index (χ0) is 32.8. The van der Waals surface area contributed by atoms with Gasteiger partial charge >= 0.3 is 0 Å². The van der Waals surface area contributed by atoms with Crippen molar-refractivity contribution in [2.24, 2.45) is 0 Å². The van der Waals surface area contributed by atoms with Crippen molar-refractivity contribution in [1.29, 1.82) is 0 Å². The summed E-state index contributed by atoms with van der Waals surface area (Å²) < 4.78 is 5.56. The standard InChI is InChI=1S/C48H28S2/c1-2-7-35-27-45-43(25-34(35)6-1)47-48(49-45)44-26-38-19-18-36(24-40(38)28-46(44)50-47)31-13-9-29(10-14-31)30-11-15-32(16-12-30)37-21-22-42-39(23-37)20-17-33-5-3-4-8-41(33)42/h1-28H. The van der Waals surface area contributed by atoms with E-state index in [-0.39, 0.29) is 0 Å². The van der Waals surface area contributed by atoms with Gasteiger partial charge in [-0.05, 0) is 113 Å². The normalized spacial score (nSPS) is 12.0. The molecule has 0 aliphatic carbocycles. The molecule has 11 aromatic rings. The lowest BCUT2D eigenvalue weighted by molar-refractivity contribution is 1.59. The molecule has 0 aliphatic heterocycles. The fourth-order valence-corrected chi connectivity index (χ4v) is 10.5. The molecule has 2 heterocycles. The second-order valence-corrected chi connectivity index (χ2v) is 15.4. The Balaban J connectivity index is 0.889. The van der Waals surface area contributed by atoms with Crippen LogP contribution in [0.15, 0.2) is 170 Å². The summed E-state index contributed by atoms with van der Waals surface area (Å²) in [6.45, 7) is 0. The monoisotopic (exact) mass is 668 g/mol. The number of hydrogen-bond acceptors (Lipinski definition) is 2. The summed E-state index contributed by atoms with van der Waals surface area (Å²) in [7, 11) is 0. The smallest absolute Gasteiger partial charge is 0.0542 e. The Labute approximate surface area is 297 Å². The molecule has 232 valence electrons. The van der Waals surface area contributed by atoms with Crippen molar-refractivity contribution in [2.45, 2.75) is 0 Å². The van der Waals surface area contributed by atoms with Gasteiger partial charge in [0.25, 0.3) is 0 Å². The van der Waals surface area contributed by atoms with E-state index in [0.717, 1.165) is 0 Å². The predicted molar refractivity (Wildman–Crippen MR) is 221 cm³/mol. The van der Waals surface area contributed by atoms with E-state index in [0.29, 0.717) is 0 Å². The van der Waals surface area contributed by atoms with E-state index in [1.807, 2.05) is 22.7 Å². The predicted octanol–water partition coefficient (Wildman–Crippen LogP) is 14.9. The molecule has 0 amide bonds. The number of fused-ring (bicyclic) bond motifs is 10. The van der Waals surface area contributed by atoms with Crippen molar-refractivity contribution in [2.75, 3.05) is 0 Å². The first kappa shape index (κ1) is 28.1. The zero-order valence-electron chi connectivity index (χ0n) is 27.0. The van der Waals surface area contributed by atoms with Gasteiger partial charge in [0, 0.05) is 20.2 Å². The van der Waals surface area contributed by atoms with Gasteiger partial charge < -0.3 is 0 Å². The quantitative estimate of drug-likeness (QED) is 0.164.